The largest absolute Gasteiger partial charge is 0.467 e. The van der Waals surface area contributed by atoms with Gasteiger partial charge in [-0.2, -0.15) is 0 Å². The summed E-state index contributed by atoms with van der Waals surface area (Å²) in [6.07, 6.45) is 4.42. The number of furan rings is 1. The molecular formula is C13H22N2O3. The van der Waals surface area contributed by atoms with Gasteiger partial charge in [0.25, 0.3) is 0 Å². The summed E-state index contributed by atoms with van der Waals surface area (Å²) >= 11 is 0. The van der Waals surface area contributed by atoms with Gasteiger partial charge in [0.1, 0.15) is 5.76 Å². The van der Waals surface area contributed by atoms with Gasteiger partial charge in [0, 0.05) is 6.61 Å². The van der Waals surface area contributed by atoms with Crippen molar-refractivity contribution in [1.29, 1.82) is 0 Å². The molecule has 0 atom stereocenters. The Morgan fingerprint density at radius 1 is 1.44 bits per heavy atom. The van der Waals surface area contributed by atoms with Crippen LogP contribution in [0, 0.1) is 0 Å². The molecule has 0 aromatic carbocycles. The first-order valence-electron chi connectivity index (χ1n) is 6.31. The summed E-state index contributed by atoms with van der Waals surface area (Å²) in [5.41, 5.74) is 0. The molecule has 0 saturated heterocycles. The van der Waals surface area contributed by atoms with Crippen LogP contribution in [0.15, 0.2) is 22.8 Å². The van der Waals surface area contributed by atoms with Crippen LogP contribution in [0.1, 0.15) is 25.0 Å². The van der Waals surface area contributed by atoms with Crippen molar-refractivity contribution in [2.75, 3.05) is 26.7 Å². The average molecular weight is 254 g/mol. The highest BCUT2D eigenvalue weighted by atomic mass is 16.3. The van der Waals surface area contributed by atoms with E-state index in [1.54, 1.807) is 12.3 Å². The van der Waals surface area contributed by atoms with Crippen LogP contribution in [0.25, 0.3) is 0 Å². The highest BCUT2D eigenvalue weighted by Gasteiger charge is 2.06. The van der Waals surface area contributed by atoms with Gasteiger partial charge >= 0.3 is 0 Å². The van der Waals surface area contributed by atoms with Gasteiger partial charge in [-0.25, -0.2) is 0 Å². The minimum absolute atomic E-state index is 0.00365. The third kappa shape index (κ3) is 6.42. The van der Waals surface area contributed by atoms with Crippen molar-refractivity contribution < 1.29 is 14.3 Å². The molecule has 0 saturated carbocycles. The van der Waals surface area contributed by atoms with E-state index < -0.39 is 0 Å². The molecule has 2 N–H and O–H groups in total. The second kappa shape index (κ2) is 8.72. The van der Waals surface area contributed by atoms with Gasteiger partial charge in [0.05, 0.1) is 19.4 Å². The zero-order chi connectivity index (χ0) is 13.2. The Labute approximate surface area is 108 Å². The fourth-order valence-electron chi connectivity index (χ4n) is 1.65. The molecular weight excluding hydrogens is 232 g/mol. The lowest BCUT2D eigenvalue weighted by Gasteiger charge is -2.15. The predicted octanol–water partition coefficient (Wildman–Crippen LogP) is 0.990. The monoisotopic (exact) mass is 254 g/mol. The summed E-state index contributed by atoms with van der Waals surface area (Å²) in [6.45, 7) is 1.94. The summed E-state index contributed by atoms with van der Waals surface area (Å²) in [6, 6.07) is 3.63. The molecule has 102 valence electrons. The fourth-order valence-corrected chi connectivity index (χ4v) is 1.65. The minimum Gasteiger partial charge on any atom is -0.467 e. The van der Waals surface area contributed by atoms with E-state index in [4.69, 9.17) is 9.52 Å². The zero-order valence-corrected chi connectivity index (χ0v) is 10.9. The predicted molar refractivity (Wildman–Crippen MR) is 69.0 cm³/mol. The molecule has 18 heavy (non-hydrogen) atoms. The Morgan fingerprint density at radius 3 is 2.94 bits per heavy atom. The van der Waals surface area contributed by atoms with Gasteiger partial charge in [-0.1, -0.05) is 0 Å². The van der Waals surface area contributed by atoms with Crippen molar-refractivity contribution in [2.45, 2.75) is 25.8 Å². The smallest absolute Gasteiger partial charge is 0.234 e. The van der Waals surface area contributed by atoms with Gasteiger partial charge in [-0.05, 0) is 45.0 Å². The standard InChI is InChI=1S/C13H22N2O3/c1-15(7-3-2-4-8-16)11-13(17)14-10-12-6-5-9-18-12/h5-6,9,16H,2-4,7-8,10-11H2,1H3,(H,14,17). The van der Waals surface area contributed by atoms with Crippen LogP contribution in [0.4, 0.5) is 0 Å². The number of likely N-dealkylation sites (N-methyl/N-ethyl adjacent to an activating group) is 1. The Bertz CT molecular complexity index is 325. The summed E-state index contributed by atoms with van der Waals surface area (Å²) < 4.78 is 5.13. The van der Waals surface area contributed by atoms with Crippen molar-refractivity contribution in [3.8, 4) is 0 Å². The van der Waals surface area contributed by atoms with Gasteiger partial charge in [-0.15, -0.1) is 0 Å². The molecule has 1 rings (SSSR count). The third-order valence-electron chi connectivity index (χ3n) is 2.65. The molecule has 1 amide bonds. The molecule has 5 heteroatoms. The SMILES string of the molecule is CN(CCCCCO)CC(=O)NCc1ccco1. The maximum Gasteiger partial charge on any atom is 0.234 e. The number of aliphatic hydroxyl groups excluding tert-OH is 1. The highest BCUT2D eigenvalue weighted by Crippen LogP contribution is 1.99. The van der Waals surface area contributed by atoms with Crippen LogP contribution in [0.3, 0.4) is 0 Å². The lowest BCUT2D eigenvalue weighted by Crippen LogP contribution is -2.35. The second-order valence-electron chi connectivity index (χ2n) is 4.38. The number of hydrogen-bond donors (Lipinski definition) is 2. The normalized spacial score (nSPS) is 10.8. The molecule has 1 aromatic heterocycles. The van der Waals surface area contributed by atoms with Crippen LogP contribution in [-0.2, 0) is 11.3 Å². The van der Waals surface area contributed by atoms with Crippen LogP contribution in [0.2, 0.25) is 0 Å². The number of amides is 1. The van der Waals surface area contributed by atoms with E-state index in [-0.39, 0.29) is 12.5 Å². The van der Waals surface area contributed by atoms with Crippen LogP contribution >= 0.6 is 0 Å². The third-order valence-corrected chi connectivity index (χ3v) is 2.65. The molecule has 0 spiro atoms. The topological polar surface area (TPSA) is 65.7 Å². The number of nitrogens with one attached hydrogen (secondary N) is 1. The van der Waals surface area contributed by atoms with Crippen LogP contribution in [0.5, 0.6) is 0 Å². The van der Waals surface area contributed by atoms with Crippen LogP contribution in [-0.4, -0.2) is 42.7 Å². The molecule has 1 heterocycles. The molecule has 1 aromatic rings. The van der Waals surface area contributed by atoms with E-state index in [9.17, 15) is 4.79 Å². The minimum atomic E-state index is -0.00365. The lowest BCUT2D eigenvalue weighted by atomic mass is 10.2. The number of carbonyl (C=O) groups is 1. The van der Waals surface area contributed by atoms with Crippen LogP contribution < -0.4 is 5.32 Å². The molecule has 0 aliphatic rings. The highest BCUT2D eigenvalue weighted by molar-refractivity contribution is 5.77. The van der Waals surface area contributed by atoms with Gasteiger partial charge in [-0.3, -0.25) is 9.69 Å². The first-order valence-corrected chi connectivity index (χ1v) is 6.31. The van der Waals surface area contributed by atoms with E-state index in [0.717, 1.165) is 31.6 Å². The van der Waals surface area contributed by atoms with Gasteiger partial charge < -0.3 is 14.8 Å². The fraction of sp³-hybridized carbons (Fsp3) is 0.615. The summed E-state index contributed by atoms with van der Waals surface area (Å²) in [7, 11) is 1.92. The summed E-state index contributed by atoms with van der Waals surface area (Å²) in [5.74, 6) is 0.755. The molecule has 0 bridgehead atoms. The quantitative estimate of drug-likeness (QED) is 0.645. The molecule has 0 radical (unpaired) electrons. The van der Waals surface area contributed by atoms with E-state index in [2.05, 4.69) is 5.32 Å². The Balaban J connectivity index is 2.07. The van der Waals surface area contributed by atoms with E-state index in [1.165, 1.54) is 0 Å². The molecule has 0 unspecified atom stereocenters. The molecule has 0 aliphatic carbocycles. The van der Waals surface area contributed by atoms with Crippen molar-refractivity contribution in [2.24, 2.45) is 0 Å². The number of hydrogen-bond acceptors (Lipinski definition) is 4. The number of unbranched alkanes of at least 4 members (excludes halogenated alkanes) is 2. The van der Waals surface area contributed by atoms with E-state index >= 15 is 0 Å². The van der Waals surface area contributed by atoms with E-state index in [0.29, 0.717) is 13.1 Å². The van der Waals surface area contributed by atoms with Gasteiger partial charge in [0.15, 0.2) is 0 Å². The number of nitrogens with zero attached hydrogens (tertiary/aromatic N) is 1. The summed E-state index contributed by atoms with van der Waals surface area (Å²) in [5, 5.41) is 11.5. The number of rotatable bonds is 9. The number of carbonyl (C=O) groups excluding carboxylic acids is 1. The average Bonchev–Trinajstić information content (AvgIpc) is 2.85. The Kier molecular flexibility index (Phi) is 7.13. The van der Waals surface area contributed by atoms with Crippen molar-refractivity contribution in [1.82, 2.24) is 10.2 Å². The van der Waals surface area contributed by atoms with Crippen molar-refractivity contribution >= 4 is 5.91 Å². The van der Waals surface area contributed by atoms with Crippen molar-refractivity contribution in [3.63, 3.8) is 0 Å². The summed E-state index contributed by atoms with van der Waals surface area (Å²) in [4.78, 5) is 13.6. The number of aliphatic hydroxyl groups is 1. The maximum absolute atomic E-state index is 11.6. The lowest BCUT2D eigenvalue weighted by molar-refractivity contribution is -0.122. The first kappa shape index (κ1) is 14.7. The van der Waals surface area contributed by atoms with Gasteiger partial charge in [0.2, 0.25) is 5.91 Å². The van der Waals surface area contributed by atoms with Crippen molar-refractivity contribution in [3.05, 3.63) is 24.2 Å². The Hall–Kier alpha value is -1.33. The second-order valence-corrected chi connectivity index (χ2v) is 4.38. The Morgan fingerprint density at radius 2 is 2.28 bits per heavy atom. The molecule has 0 aliphatic heterocycles. The first-order chi connectivity index (χ1) is 8.72. The zero-order valence-electron chi connectivity index (χ0n) is 10.9. The van der Waals surface area contributed by atoms with E-state index in [1.807, 2.05) is 18.0 Å². The molecule has 0 fully saturated rings. The maximum atomic E-state index is 11.6. The molecule has 5 nitrogen and oxygen atoms in total.